The van der Waals surface area contributed by atoms with Crippen molar-refractivity contribution in [2.45, 2.75) is 20.3 Å². The van der Waals surface area contributed by atoms with Gasteiger partial charge < -0.3 is 20.1 Å². The van der Waals surface area contributed by atoms with Gasteiger partial charge in [-0.1, -0.05) is 25.1 Å². The highest BCUT2D eigenvalue weighted by molar-refractivity contribution is 6.04. The molecule has 2 N–H and O–H groups in total. The molecule has 2 aromatic carbocycles. The number of aryl methyl sites for hydroxylation is 2. The second-order valence-electron chi connectivity index (χ2n) is 6.57. The van der Waals surface area contributed by atoms with Crippen molar-refractivity contribution in [1.82, 2.24) is 4.98 Å². The fourth-order valence-corrected chi connectivity index (χ4v) is 3.10. The zero-order valence-corrected chi connectivity index (χ0v) is 17.1. The molecular formula is C23H25N3O3. The predicted molar refractivity (Wildman–Crippen MR) is 116 cm³/mol. The number of benzene rings is 2. The number of pyridine rings is 1. The Bertz CT molecular complexity index is 1020. The van der Waals surface area contributed by atoms with Crippen molar-refractivity contribution in [3.63, 3.8) is 0 Å². The zero-order chi connectivity index (χ0) is 20.8. The number of ether oxygens (including phenoxy) is 2. The number of carbonyl (C=O) groups is 1. The van der Waals surface area contributed by atoms with Crippen LogP contribution in [0.15, 0.2) is 54.9 Å². The molecule has 1 heterocycles. The molecule has 0 saturated carbocycles. The number of nitrogens with zero attached hydrogens (tertiary/aromatic N) is 1. The van der Waals surface area contributed by atoms with Crippen molar-refractivity contribution in [2.24, 2.45) is 0 Å². The molecule has 0 unspecified atom stereocenters. The molecule has 3 aromatic rings. The Balaban J connectivity index is 1.80. The van der Waals surface area contributed by atoms with E-state index in [2.05, 4.69) is 41.6 Å². The monoisotopic (exact) mass is 391 g/mol. The molecule has 0 fully saturated rings. The number of amides is 1. The van der Waals surface area contributed by atoms with E-state index in [0.29, 0.717) is 22.7 Å². The summed E-state index contributed by atoms with van der Waals surface area (Å²) in [7, 11) is 3.12. The van der Waals surface area contributed by atoms with Crippen LogP contribution in [0.2, 0.25) is 0 Å². The summed E-state index contributed by atoms with van der Waals surface area (Å²) in [6.07, 6.45) is 4.16. The molecule has 0 aliphatic rings. The average Bonchev–Trinajstić information content (AvgIpc) is 2.75. The van der Waals surface area contributed by atoms with Crippen LogP contribution in [0.25, 0.3) is 0 Å². The lowest BCUT2D eigenvalue weighted by Crippen LogP contribution is -2.12. The lowest BCUT2D eigenvalue weighted by molar-refractivity contribution is 0.102. The molecular weight excluding hydrogens is 366 g/mol. The smallest absolute Gasteiger partial charge is 0.257 e. The van der Waals surface area contributed by atoms with E-state index in [1.807, 2.05) is 6.07 Å². The van der Waals surface area contributed by atoms with Gasteiger partial charge in [-0.15, -0.1) is 0 Å². The van der Waals surface area contributed by atoms with Gasteiger partial charge in [-0.25, -0.2) is 0 Å². The number of para-hydroxylation sites is 1. The van der Waals surface area contributed by atoms with Crippen LogP contribution in [0.4, 0.5) is 17.1 Å². The van der Waals surface area contributed by atoms with Crippen LogP contribution in [0, 0.1) is 6.92 Å². The van der Waals surface area contributed by atoms with Crippen molar-refractivity contribution in [3.05, 3.63) is 71.5 Å². The van der Waals surface area contributed by atoms with Gasteiger partial charge in [0.2, 0.25) is 0 Å². The van der Waals surface area contributed by atoms with Crippen LogP contribution in [-0.2, 0) is 6.42 Å². The van der Waals surface area contributed by atoms with E-state index in [4.69, 9.17) is 9.47 Å². The van der Waals surface area contributed by atoms with Gasteiger partial charge in [-0.2, -0.15) is 0 Å². The highest BCUT2D eigenvalue weighted by Crippen LogP contribution is 2.30. The highest BCUT2D eigenvalue weighted by atomic mass is 16.5. The molecule has 0 aliphatic heterocycles. The Morgan fingerprint density at radius 2 is 1.79 bits per heavy atom. The summed E-state index contributed by atoms with van der Waals surface area (Å²) in [5.74, 6) is 0.891. The predicted octanol–water partition coefficient (Wildman–Crippen LogP) is 4.97. The van der Waals surface area contributed by atoms with E-state index in [1.54, 1.807) is 50.9 Å². The SMILES string of the molecule is CCc1cccc(C)c1Nc1cncc(C(=O)Nc2ccc(OC)c(OC)c2)c1. The Labute approximate surface area is 170 Å². The number of hydrogen-bond donors (Lipinski definition) is 2. The summed E-state index contributed by atoms with van der Waals surface area (Å²) in [4.78, 5) is 16.9. The molecule has 6 heteroatoms. The molecule has 150 valence electrons. The summed E-state index contributed by atoms with van der Waals surface area (Å²) in [5, 5.41) is 6.27. The number of rotatable bonds is 7. The molecule has 0 atom stereocenters. The van der Waals surface area contributed by atoms with Gasteiger partial charge in [-0.3, -0.25) is 9.78 Å². The largest absolute Gasteiger partial charge is 0.493 e. The third-order valence-electron chi connectivity index (χ3n) is 4.65. The van der Waals surface area contributed by atoms with E-state index in [9.17, 15) is 4.79 Å². The van der Waals surface area contributed by atoms with E-state index < -0.39 is 0 Å². The number of aromatic nitrogens is 1. The second-order valence-corrected chi connectivity index (χ2v) is 6.57. The highest BCUT2D eigenvalue weighted by Gasteiger charge is 2.11. The minimum Gasteiger partial charge on any atom is -0.493 e. The van der Waals surface area contributed by atoms with E-state index in [-0.39, 0.29) is 5.91 Å². The van der Waals surface area contributed by atoms with Crippen LogP contribution < -0.4 is 20.1 Å². The third-order valence-corrected chi connectivity index (χ3v) is 4.65. The van der Waals surface area contributed by atoms with Gasteiger partial charge in [-0.05, 0) is 42.7 Å². The van der Waals surface area contributed by atoms with Crippen molar-refractivity contribution < 1.29 is 14.3 Å². The van der Waals surface area contributed by atoms with Gasteiger partial charge in [0.1, 0.15) is 0 Å². The lowest BCUT2D eigenvalue weighted by Gasteiger charge is -2.14. The molecule has 1 amide bonds. The van der Waals surface area contributed by atoms with Crippen LogP contribution in [0.5, 0.6) is 11.5 Å². The molecule has 0 radical (unpaired) electrons. The fourth-order valence-electron chi connectivity index (χ4n) is 3.10. The molecule has 0 saturated heterocycles. The van der Waals surface area contributed by atoms with Crippen LogP contribution >= 0.6 is 0 Å². The second kappa shape index (κ2) is 9.10. The standard InChI is InChI=1S/C23H25N3O3/c1-5-16-8-6-7-15(2)22(16)25-19-11-17(13-24-14-19)23(27)26-18-9-10-20(28-3)21(12-18)29-4/h6-14,25H,5H2,1-4H3,(H,26,27). The van der Waals surface area contributed by atoms with Crippen LogP contribution in [-0.4, -0.2) is 25.1 Å². The van der Waals surface area contributed by atoms with Gasteiger partial charge in [0, 0.05) is 23.6 Å². The quantitative estimate of drug-likeness (QED) is 0.595. The summed E-state index contributed by atoms with van der Waals surface area (Å²) in [6.45, 7) is 4.17. The molecule has 0 aliphatic carbocycles. The molecule has 0 bridgehead atoms. The minimum atomic E-state index is -0.256. The van der Waals surface area contributed by atoms with E-state index in [0.717, 1.165) is 23.4 Å². The first-order valence-electron chi connectivity index (χ1n) is 9.39. The first-order valence-corrected chi connectivity index (χ1v) is 9.39. The number of anilines is 3. The fraction of sp³-hybridized carbons (Fsp3) is 0.217. The maximum Gasteiger partial charge on any atom is 0.257 e. The van der Waals surface area contributed by atoms with Gasteiger partial charge in [0.05, 0.1) is 31.7 Å². The minimum absolute atomic E-state index is 0.256. The van der Waals surface area contributed by atoms with Crippen molar-refractivity contribution in [2.75, 3.05) is 24.9 Å². The van der Waals surface area contributed by atoms with E-state index >= 15 is 0 Å². The number of carbonyl (C=O) groups excluding carboxylic acids is 1. The molecule has 6 nitrogen and oxygen atoms in total. The molecule has 29 heavy (non-hydrogen) atoms. The summed E-state index contributed by atoms with van der Waals surface area (Å²) in [5.41, 5.74) is 5.23. The first kappa shape index (κ1) is 20.2. The molecule has 0 spiro atoms. The van der Waals surface area contributed by atoms with Gasteiger partial charge >= 0.3 is 0 Å². The van der Waals surface area contributed by atoms with Crippen LogP contribution in [0.3, 0.4) is 0 Å². The van der Waals surface area contributed by atoms with Crippen molar-refractivity contribution in [3.8, 4) is 11.5 Å². The maximum atomic E-state index is 12.7. The summed E-state index contributed by atoms with van der Waals surface area (Å²) < 4.78 is 10.5. The van der Waals surface area contributed by atoms with Gasteiger partial charge in [0.25, 0.3) is 5.91 Å². The van der Waals surface area contributed by atoms with Crippen molar-refractivity contribution >= 4 is 23.0 Å². The zero-order valence-electron chi connectivity index (χ0n) is 17.1. The number of methoxy groups -OCH3 is 2. The Hall–Kier alpha value is -3.54. The summed E-state index contributed by atoms with van der Waals surface area (Å²) in [6, 6.07) is 13.2. The van der Waals surface area contributed by atoms with E-state index in [1.165, 1.54) is 5.56 Å². The number of nitrogens with one attached hydrogen (secondary N) is 2. The molecule has 1 aromatic heterocycles. The average molecular weight is 391 g/mol. The number of hydrogen-bond acceptors (Lipinski definition) is 5. The Kier molecular flexibility index (Phi) is 6.34. The maximum absolute atomic E-state index is 12.7. The Morgan fingerprint density at radius 1 is 1.00 bits per heavy atom. The first-order chi connectivity index (χ1) is 14.0. The topological polar surface area (TPSA) is 72.5 Å². The third kappa shape index (κ3) is 4.66. The molecule has 3 rings (SSSR count). The Morgan fingerprint density at radius 3 is 2.52 bits per heavy atom. The summed E-state index contributed by atoms with van der Waals surface area (Å²) >= 11 is 0. The van der Waals surface area contributed by atoms with Crippen LogP contribution in [0.1, 0.15) is 28.4 Å². The van der Waals surface area contributed by atoms with Crippen molar-refractivity contribution in [1.29, 1.82) is 0 Å². The lowest BCUT2D eigenvalue weighted by atomic mass is 10.1. The van der Waals surface area contributed by atoms with Gasteiger partial charge in [0.15, 0.2) is 11.5 Å². The normalized spacial score (nSPS) is 10.3.